The highest BCUT2D eigenvalue weighted by atomic mass is 32.2. The molecule has 0 aliphatic heterocycles. The highest BCUT2D eigenvalue weighted by Gasteiger charge is 2.18. The zero-order valence-electron chi connectivity index (χ0n) is 16.7. The Kier molecular flexibility index (Phi) is 7.78. The van der Waals surface area contributed by atoms with E-state index in [1.165, 1.54) is 31.2 Å². The second kappa shape index (κ2) is 10.1. The Balaban J connectivity index is 2.06. The van der Waals surface area contributed by atoms with E-state index < -0.39 is 22.1 Å². The van der Waals surface area contributed by atoms with Crippen molar-refractivity contribution in [2.45, 2.75) is 44.6 Å². The zero-order valence-corrected chi connectivity index (χ0v) is 17.5. The predicted octanol–water partition coefficient (Wildman–Crippen LogP) is 2.76. The molecule has 0 saturated carbocycles. The monoisotopic (exact) mass is 419 g/mol. The highest BCUT2D eigenvalue weighted by molar-refractivity contribution is 7.87. The molecule has 29 heavy (non-hydrogen) atoms. The summed E-state index contributed by atoms with van der Waals surface area (Å²) in [5.41, 5.74) is 1.76. The predicted molar refractivity (Wildman–Crippen MR) is 108 cm³/mol. The molecule has 0 saturated heterocycles. The number of aryl methyl sites for hydroxylation is 1. The third-order valence-corrected chi connectivity index (χ3v) is 5.31. The minimum Gasteiger partial charge on any atom is -0.466 e. The number of hydrogen-bond acceptors (Lipinski definition) is 6. The topological polar surface area (TPSA) is 98.8 Å². The molecule has 2 aromatic carbocycles. The molecule has 2 aromatic rings. The van der Waals surface area contributed by atoms with Crippen molar-refractivity contribution < 1.29 is 26.9 Å². The lowest BCUT2D eigenvalue weighted by molar-refractivity contribution is -0.143. The third-order valence-electron chi connectivity index (χ3n) is 4.05. The van der Waals surface area contributed by atoms with Crippen LogP contribution < -0.4 is 9.50 Å². The molecule has 0 spiro atoms. The summed E-state index contributed by atoms with van der Waals surface area (Å²) in [7, 11) is -3.92. The van der Waals surface area contributed by atoms with Crippen molar-refractivity contribution in [3.8, 4) is 5.75 Å². The SMILES string of the molecule is CCOC(=O)CC(Cc1ccc(OS(=O)(=O)c2ccc(C)cc2)cc1)NC(C)=O. The zero-order chi connectivity index (χ0) is 21.4. The number of carbonyl (C=O) groups excluding carboxylic acids is 2. The van der Waals surface area contributed by atoms with Crippen LogP contribution in [0.3, 0.4) is 0 Å². The van der Waals surface area contributed by atoms with E-state index in [9.17, 15) is 18.0 Å². The summed E-state index contributed by atoms with van der Waals surface area (Å²) in [4.78, 5) is 23.2. The van der Waals surface area contributed by atoms with Gasteiger partial charge in [0.15, 0.2) is 0 Å². The van der Waals surface area contributed by atoms with Gasteiger partial charge in [-0.25, -0.2) is 0 Å². The number of esters is 1. The fraction of sp³-hybridized carbons (Fsp3) is 0.333. The van der Waals surface area contributed by atoms with Crippen LogP contribution in [0.25, 0.3) is 0 Å². The van der Waals surface area contributed by atoms with Gasteiger partial charge in [-0.05, 0) is 50.1 Å². The Hall–Kier alpha value is -2.87. The minimum atomic E-state index is -3.92. The summed E-state index contributed by atoms with van der Waals surface area (Å²) in [6.45, 7) is 5.24. The van der Waals surface area contributed by atoms with Gasteiger partial charge in [0.1, 0.15) is 10.6 Å². The molecule has 0 radical (unpaired) electrons. The van der Waals surface area contributed by atoms with Gasteiger partial charge in [-0.1, -0.05) is 29.8 Å². The Labute approximate surface area is 171 Å². The second-order valence-corrected chi connectivity index (χ2v) is 8.15. The standard InChI is InChI=1S/C21H25NO6S/c1-4-27-21(24)14-18(22-16(3)23)13-17-7-9-19(10-8-17)28-29(25,26)20-11-5-15(2)6-12-20/h5-12,18H,4,13-14H2,1-3H3,(H,22,23). The molecule has 0 aromatic heterocycles. The summed E-state index contributed by atoms with van der Waals surface area (Å²) in [5.74, 6) is -0.463. The minimum absolute atomic E-state index is 0.0491. The second-order valence-electron chi connectivity index (χ2n) is 6.61. The van der Waals surface area contributed by atoms with Gasteiger partial charge < -0.3 is 14.2 Å². The van der Waals surface area contributed by atoms with E-state index in [4.69, 9.17) is 8.92 Å². The molecule has 1 unspecified atom stereocenters. The molecular weight excluding hydrogens is 394 g/mol. The fourth-order valence-electron chi connectivity index (χ4n) is 2.73. The maximum absolute atomic E-state index is 12.4. The normalized spacial score (nSPS) is 12.1. The Bertz CT molecular complexity index is 936. The molecular formula is C21H25NO6S. The fourth-order valence-corrected chi connectivity index (χ4v) is 3.66. The highest BCUT2D eigenvalue weighted by Crippen LogP contribution is 2.20. The Morgan fingerprint density at radius 1 is 1.03 bits per heavy atom. The van der Waals surface area contributed by atoms with Gasteiger partial charge >= 0.3 is 16.1 Å². The lowest BCUT2D eigenvalue weighted by atomic mass is 10.0. The summed E-state index contributed by atoms with van der Waals surface area (Å²) >= 11 is 0. The Morgan fingerprint density at radius 3 is 2.21 bits per heavy atom. The van der Waals surface area contributed by atoms with Crippen molar-refractivity contribution in [1.29, 1.82) is 0 Å². The maximum Gasteiger partial charge on any atom is 0.339 e. The first kappa shape index (κ1) is 22.4. The van der Waals surface area contributed by atoms with E-state index >= 15 is 0 Å². The van der Waals surface area contributed by atoms with Gasteiger partial charge in [-0.3, -0.25) is 9.59 Å². The van der Waals surface area contributed by atoms with E-state index in [1.807, 2.05) is 6.92 Å². The number of amides is 1. The first-order valence-electron chi connectivity index (χ1n) is 9.22. The number of hydrogen-bond donors (Lipinski definition) is 1. The van der Waals surface area contributed by atoms with Crippen molar-refractivity contribution in [2.24, 2.45) is 0 Å². The molecule has 0 fully saturated rings. The van der Waals surface area contributed by atoms with E-state index in [-0.39, 0.29) is 29.6 Å². The molecule has 1 atom stereocenters. The quantitative estimate of drug-likeness (QED) is 0.496. The molecule has 0 bridgehead atoms. The summed E-state index contributed by atoms with van der Waals surface area (Å²) in [6.07, 6.45) is 0.441. The van der Waals surface area contributed by atoms with Crippen LogP contribution in [-0.4, -0.2) is 32.9 Å². The molecule has 1 amide bonds. The molecule has 2 rings (SSSR count). The molecule has 0 heterocycles. The summed E-state index contributed by atoms with van der Waals surface area (Å²) < 4.78 is 34.8. The van der Waals surface area contributed by atoms with Crippen LogP contribution in [0.5, 0.6) is 5.75 Å². The smallest absolute Gasteiger partial charge is 0.339 e. The average Bonchev–Trinajstić information content (AvgIpc) is 2.63. The molecule has 0 aliphatic carbocycles. The largest absolute Gasteiger partial charge is 0.466 e. The van der Waals surface area contributed by atoms with Crippen LogP contribution in [0.2, 0.25) is 0 Å². The molecule has 1 N–H and O–H groups in total. The number of ether oxygens (including phenoxy) is 1. The van der Waals surface area contributed by atoms with E-state index in [0.717, 1.165) is 11.1 Å². The molecule has 156 valence electrons. The third kappa shape index (κ3) is 7.23. The van der Waals surface area contributed by atoms with Crippen molar-refractivity contribution >= 4 is 22.0 Å². The van der Waals surface area contributed by atoms with Crippen LogP contribution in [0, 0.1) is 6.92 Å². The van der Waals surface area contributed by atoms with Gasteiger partial charge in [0.05, 0.1) is 13.0 Å². The van der Waals surface area contributed by atoms with Crippen molar-refractivity contribution in [1.82, 2.24) is 5.32 Å². The lowest BCUT2D eigenvalue weighted by Crippen LogP contribution is -2.37. The maximum atomic E-state index is 12.4. The van der Waals surface area contributed by atoms with Crippen molar-refractivity contribution in [3.05, 3.63) is 59.7 Å². The van der Waals surface area contributed by atoms with Crippen LogP contribution in [0.4, 0.5) is 0 Å². The van der Waals surface area contributed by atoms with Gasteiger partial charge in [-0.15, -0.1) is 0 Å². The number of nitrogens with one attached hydrogen (secondary N) is 1. The molecule has 8 heteroatoms. The van der Waals surface area contributed by atoms with Gasteiger partial charge in [-0.2, -0.15) is 8.42 Å². The van der Waals surface area contributed by atoms with E-state index in [1.54, 1.807) is 31.2 Å². The van der Waals surface area contributed by atoms with Crippen LogP contribution >= 0.6 is 0 Å². The molecule has 0 aliphatic rings. The van der Waals surface area contributed by atoms with Crippen molar-refractivity contribution in [2.75, 3.05) is 6.61 Å². The van der Waals surface area contributed by atoms with Crippen LogP contribution in [-0.2, 0) is 30.9 Å². The lowest BCUT2D eigenvalue weighted by Gasteiger charge is -2.17. The average molecular weight is 419 g/mol. The first-order chi connectivity index (χ1) is 13.7. The molecule has 7 nitrogen and oxygen atoms in total. The van der Waals surface area contributed by atoms with Gasteiger partial charge in [0.2, 0.25) is 5.91 Å². The van der Waals surface area contributed by atoms with Crippen LogP contribution in [0.15, 0.2) is 53.4 Å². The summed E-state index contributed by atoms with van der Waals surface area (Å²) in [6, 6.07) is 12.4. The number of benzene rings is 2. The van der Waals surface area contributed by atoms with Crippen LogP contribution in [0.1, 0.15) is 31.4 Å². The Morgan fingerprint density at radius 2 is 1.66 bits per heavy atom. The van der Waals surface area contributed by atoms with E-state index in [0.29, 0.717) is 6.42 Å². The van der Waals surface area contributed by atoms with Crippen molar-refractivity contribution in [3.63, 3.8) is 0 Å². The van der Waals surface area contributed by atoms with E-state index in [2.05, 4.69) is 5.32 Å². The number of rotatable bonds is 9. The van der Waals surface area contributed by atoms with Gasteiger partial charge in [0, 0.05) is 13.0 Å². The summed E-state index contributed by atoms with van der Waals surface area (Å²) in [5, 5.41) is 2.73. The number of carbonyl (C=O) groups is 2. The first-order valence-corrected chi connectivity index (χ1v) is 10.6. The van der Waals surface area contributed by atoms with Gasteiger partial charge in [0.25, 0.3) is 0 Å².